The van der Waals surface area contributed by atoms with Gasteiger partial charge in [0.25, 0.3) is 5.91 Å². The molecular weight excluding hydrogens is 356 g/mol. The molecule has 5 nitrogen and oxygen atoms in total. The number of aromatic nitrogens is 1. The number of amides is 1. The lowest BCUT2D eigenvalue weighted by Crippen LogP contribution is -3.28. The number of fused-ring (bicyclic) bond motifs is 1. The van der Waals surface area contributed by atoms with Gasteiger partial charge in [-0.3, -0.25) is 4.79 Å². The second-order valence-corrected chi connectivity index (χ2v) is 8.31. The molecule has 1 aromatic heterocycles. The average Bonchev–Trinajstić information content (AvgIpc) is 3.11. The maximum atomic E-state index is 12.2. The Balaban J connectivity index is 1.21. The van der Waals surface area contributed by atoms with Gasteiger partial charge in [0.15, 0.2) is 6.54 Å². The highest BCUT2D eigenvalue weighted by molar-refractivity contribution is 7.18. The molecule has 1 aliphatic heterocycles. The quantitative estimate of drug-likeness (QED) is 0.558. The maximum absolute atomic E-state index is 12.2. The van der Waals surface area contributed by atoms with Gasteiger partial charge in [0.2, 0.25) is 0 Å². The SMILES string of the molecule is O=C(C[NH+]1CC[NH+](Cc2nc3ccccc3s2)CC1)NCc1ccccc1. The highest BCUT2D eigenvalue weighted by atomic mass is 32.1. The summed E-state index contributed by atoms with van der Waals surface area (Å²) in [4.78, 5) is 19.9. The number of nitrogens with one attached hydrogen (secondary N) is 3. The first-order valence-corrected chi connectivity index (χ1v) is 10.4. The largest absolute Gasteiger partial charge is 0.347 e. The zero-order valence-corrected chi connectivity index (χ0v) is 16.2. The van der Waals surface area contributed by atoms with E-state index in [-0.39, 0.29) is 5.91 Å². The molecule has 0 saturated carbocycles. The van der Waals surface area contributed by atoms with Crippen LogP contribution in [-0.2, 0) is 17.9 Å². The number of para-hydroxylation sites is 1. The molecule has 4 rings (SSSR count). The summed E-state index contributed by atoms with van der Waals surface area (Å²) >= 11 is 1.80. The molecule has 1 fully saturated rings. The number of hydrogen-bond acceptors (Lipinski definition) is 3. The summed E-state index contributed by atoms with van der Waals surface area (Å²) in [5.74, 6) is 0.142. The van der Waals surface area contributed by atoms with Crippen molar-refractivity contribution in [2.24, 2.45) is 0 Å². The average molecular weight is 383 g/mol. The third kappa shape index (κ3) is 4.91. The predicted molar refractivity (Wildman–Crippen MR) is 108 cm³/mol. The summed E-state index contributed by atoms with van der Waals surface area (Å²) < 4.78 is 1.27. The van der Waals surface area contributed by atoms with E-state index in [1.165, 1.54) is 14.6 Å². The molecule has 140 valence electrons. The van der Waals surface area contributed by atoms with Crippen molar-refractivity contribution >= 4 is 27.5 Å². The molecule has 0 atom stereocenters. The van der Waals surface area contributed by atoms with E-state index in [1.807, 2.05) is 36.4 Å². The highest BCUT2D eigenvalue weighted by Crippen LogP contribution is 2.20. The molecule has 2 heterocycles. The monoisotopic (exact) mass is 382 g/mol. The molecule has 1 aliphatic rings. The van der Waals surface area contributed by atoms with Gasteiger partial charge in [-0.15, -0.1) is 11.3 Å². The molecule has 27 heavy (non-hydrogen) atoms. The molecule has 3 aromatic rings. The second-order valence-electron chi connectivity index (χ2n) is 7.19. The normalized spacial score (nSPS) is 19.9. The van der Waals surface area contributed by atoms with E-state index in [2.05, 4.69) is 23.5 Å². The Morgan fingerprint density at radius 3 is 2.44 bits per heavy atom. The number of thiazole rings is 1. The van der Waals surface area contributed by atoms with E-state index in [0.29, 0.717) is 13.1 Å². The van der Waals surface area contributed by atoms with Crippen molar-refractivity contribution in [2.75, 3.05) is 32.7 Å². The number of benzene rings is 2. The molecular formula is C21H26N4OS+2. The second kappa shape index (κ2) is 8.61. The first-order valence-electron chi connectivity index (χ1n) is 9.58. The fraction of sp³-hybridized carbons (Fsp3) is 0.333. The molecule has 0 spiro atoms. The van der Waals surface area contributed by atoms with E-state index in [0.717, 1.165) is 43.8 Å². The molecule has 0 bridgehead atoms. The smallest absolute Gasteiger partial charge is 0.275 e. The summed E-state index contributed by atoms with van der Waals surface area (Å²) in [5.41, 5.74) is 2.25. The highest BCUT2D eigenvalue weighted by Gasteiger charge is 2.25. The molecule has 1 saturated heterocycles. The third-order valence-electron chi connectivity index (χ3n) is 5.15. The maximum Gasteiger partial charge on any atom is 0.275 e. The van der Waals surface area contributed by atoms with Crippen LogP contribution in [0.25, 0.3) is 10.2 Å². The van der Waals surface area contributed by atoms with Crippen molar-refractivity contribution in [1.29, 1.82) is 0 Å². The molecule has 6 heteroatoms. The van der Waals surface area contributed by atoms with E-state index in [4.69, 9.17) is 4.98 Å². The number of quaternary nitrogens is 2. The van der Waals surface area contributed by atoms with Crippen molar-refractivity contribution in [3.8, 4) is 0 Å². The Labute approximate surface area is 163 Å². The number of carbonyl (C=O) groups is 1. The lowest BCUT2D eigenvalue weighted by Gasteiger charge is -2.28. The summed E-state index contributed by atoms with van der Waals surface area (Å²) in [7, 11) is 0. The Bertz CT molecular complexity index is 854. The van der Waals surface area contributed by atoms with Crippen LogP contribution in [0.15, 0.2) is 54.6 Å². The van der Waals surface area contributed by atoms with Gasteiger partial charge in [0.05, 0.1) is 10.2 Å². The van der Waals surface area contributed by atoms with Crippen LogP contribution in [-0.4, -0.2) is 43.6 Å². The Kier molecular flexibility index (Phi) is 5.77. The summed E-state index contributed by atoms with van der Waals surface area (Å²) in [6.07, 6.45) is 0. The van der Waals surface area contributed by atoms with E-state index < -0.39 is 0 Å². The molecule has 2 aromatic carbocycles. The van der Waals surface area contributed by atoms with Gasteiger partial charge in [-0.05, 0) is 17.7 Å². The minimum absolute atomic E-state index is 0.142. The number of hydrogen-bond donors (Lipinski definition) is 3. The van der Waals surface area contributed by atoms with Crippen LogP contribution in [0, 0.1) is 0 Å². The fourth-order valence-corrected chi connectivity index (χ4v) is 4.65. The van der Waals surface area contributed by atoms with Crippen LogP contribution in [0.4, 0.5) is 0 Å². The minimum atomic E-state index is 0.142. The number of rotatable bonds is 6. The Hall–Kier alpha value is -2.28. The lowest BCUT2D eigenvalue weighted by atomic mass is 10.2. The van der Waals surface area contributed by atoms with Crippen LogP contribution in [0.3, 0.4) is 0 Å². The van der Waals surface area contributed by atoms with E-state index in [1.54, 1.807) is 16.2 Å². The van der Waals surface area contributed by atoms with Crippen LogP contribution in [0.2, 0.25) is 0 Å². The standard InChI is InChI=1S/C21H24N4OS/c26-20(22-14-17-6-2-1-3-7-17)15-24-10-12-25(13-11-24)16-21-23-18-8-4-5-9-19(18)27-21/h1-9H,10-16H2,(H,22,26)/p+2. The van der Waals surface area contributed by atoms with Gasteiger partial charge in [0, 0.05) is 6.54 Å². The molecule has 1 amide bonds. The summed E-state index contributed by atoms with van der Waals surface area (Å²) in [5, 5.41) is 4.26. The van der Waals surface area contributed by atoms with E-state index >= 15 is 0 Å². The minimum Gasteiger partial charge on any atom is -0.347 e. The van der Waals surface area contributed by atoms with Crippen LogP contribution in [0.5, 0.6) is 0 Å². The fourth-order valence-electron chi connectivity index (χ4n) is 3.61. The topological polar surface area (TPSA) is 50.9 Å². The van der Waals surface area contributed by atoms with Crippen molar-refractivity contribution in [3.05, 3.63) is 65.2 Å². The Morgan fingerprint density at radius 2 is 1.67 bits per heavy atom. The van der Waals surface area contributed by atoms with Gasteiger partial charge >= 0.3 is 0 Å². The molecule has 3 N–H and O–H groups in total. The van der Waals surface area contributed by atoms with Crippen molar-refractivity contribution < 1.29 is 14.6 Å². The molecule has 0 unspecified atom stereocenters. The number of nitrogens with zero attached hydrogens (tertiary/aromatic N) is 1. The van der Waals surface area contributed by atoms with Crippen molar-refractivity contribution in [2.45, 2.75) is 13.1 Å². The number of carbonyl (C=O) groups excluding carboxylic acids is 1. The van der Waals surface area contributed by atoms with Crippen LogP contribution < -0.4 is 15.1 Å². The predicted octanol–water partition coefficient (Wildman–Crippen LogP) is -0.104. The van der Waals surface area contributed by atoms with Gasteiger partial charge in [-0.2, -0.15) is 0 Å². The van der Waals surface area contributed by atoms with Crippen LogP contribution >= 0.6 is 11.3 Å². The first kappa shape index (κ1) is 18.1. The third-order valence-corrected chi connectivity index (χ3v) is 6.18. The Morgan fingerprint density at radius 1 is 0.963 bits per heavy atom. The van der Waals surface area contributed by atoms with Gasteiger partial charge < -0.3 is 15.1 Å². The van der Waals surface area contributed by atoms with Gasteiger partial charge in [-0.1, -0.05) is 42.5 Å². The van der Waals surface area contributed by atoms with Crippen molar-refractivity contribution in [1.82, 2.24) is 10.3 Å². The summed E-state index contributed by atoms with van der Waals surface area (Å²) in [6.45, 7) is 6.45. The molecule has 0 radical (unpaired) electrons. The molecule has 0 aliphatic carbocycles. The van der Waals surface area contributed by atoms with E-state index in [9.17, 15) is 4.79 Å². The van der Waals surface area contributed by atoms with Crippen molar-refractivity contribution in [3.63, 3.8) is 0 Å². The number of piperazine rings is 1. The lowest BCUT2D eigenvalue weighted by molar-refractivity contribution is -1.02. The van der Waals surface area contributed by atoms with Gasteiger partial charge in [0.1, 0.15) is 37.7 Å². The van der Waals surface area contributed by atoms with Gasteiger partial charge in [-0.25, -0.2) is 4.98 Å². The zero-order chi connectivity index (χ0) is 18.5. The zero-order valence-electron chi connectivity index (χ0n) is 15.4. The van der Waals surface area contributed by atoms with Crippen LogP contribution in [0.1, 0.15) is 10.6 Å². The first-order chi connectivity index (χ1) is 13.3. The summed E-state index contributed by atoms with van der Waals surface area (Å²) in [6, 6.07) is 18.4.